The SMILES string of the molecule is C1=CC(N/C=C\Nc2ccc(OCCNC3Cc4ccccc4C3)cc2)CC=C1Oc1ccccc1. The summed E-state index contributed by atoms with van der Waals surface area (Å²) in [5, 5.41) is 10.3. The minimum absolute atomic E-state index is 0.244. The third-order valence-electron chi connectivity index (χ3n) is 6.40. The zero-order valence-electron chi connectivity index (χ0n) is 20.4. The van der Waals surface area contributed by atoms with Crippen molar-refractivity contribution in [3.8, 4) is 11.5 Å². The number of fused-ring (bicyclic) bond motifs is 1. The van der Waals surface area contributed by atoms with Crippen LogP contribution in [0.5, 0.6) is 11.5 Å². The molecule has 0 saturated carbocycles. The Balaban J connectivity index is 0.961. The van der Waals surface area contributed by atoms with E-state index < -0.39 is 0 Å². The average molecular weight is 480 g/mol. The van der Waals surface area contributed by atoms with Crippen molar-refractivity contribution in [3.05, 3.63) is 126 Å². The summed E-state index contributed by atoms with van der Waals surface area (Å²) in [7, 11) is 0. The molecule has 5 nitrogen and oxygen atoms in total. The first-order valence-electron chi connectivity index (χ1n) is 12.6. The maximum Gasteiger partial charge on any atom is 0.127 e. The van der Waals surface area contributed by atoms with Crippen LogP contribution in [-0.4, -0.2) is 25.2 Å². The number of nitrogens with one attached hydrogen (secondary N) is 3. The van der Waals surface area contributed by atoms with Gasteiger partial charge in [0.05, 0.1) is 0 Å². The molecule has 1 atom stereocenters. The van der Waals surface area contributed by atoms with E-state index in [1.165, 1.54) is 11.1 Å². The van der Waals surface area contributed by atoms with E-state index in [-0.39, 0.29) is 6.04 Å². The van der Waals surface area contributed by atoms with Gasteiger partial charge in [-0.25, -0.2) is 0 Å². The topological polar surface area (TPSA) is 54.5 Å². The van der Waals surface area contributed by atoms with Gasteiger partial charge in [-0.3, -0.25) is 0 Å². The van der Waals surface area contributed by atoms with Crippen LogP contribution in [0.15, 0.2) is 115 Å². The second-order valence-electron chi connectivity index (χ2n) is 9.07. The van der Waals surface area contributed by atoms with Gasteiger partial charge in [-0.1, -0.05) is 48.5 Å². The van der Waals surface area contributed by atoms with E-state index in [1.807, 2.05) is 73.1 Å². The molecule has 0 spiro atoms. The molecule has 0 bridgehead atoms. The number of benzene rings is 3. The highest BCUT2D eigenvalue weighted by molar-refractivity contribution is 5.48. The third kappa shape index (κ3) is 6.80. The van der Waals surface area contributed by atoms with Gasteiger partial charge in [-0.05, 0) is 78.9 Å². The zero-order chi connectivity index (χ0) is 24.4. The van der Waals surface area contributed by atoms with Crippen molar-refractivity contribution >= 4 is 5.69 Å². The first-order chi connectivity index (χ1) is 17.8. The smallest absolute Gasteiger partial charge is 0.127 e. The maximum atomic E-state index is 5.91. The molecular weight excluding hydrogens is 446 g/mol. The van der Waals surface area contributed by atoms with Gasteiger partial charge in [0.2, 0.25) is 0 Å². The van der Waals surface area contributed by atoms with Crippen LogP contribution in [0.2, 0.25) is 0 Å². The Morgan fingerprint density at radius 3 is 2.28 bits per heavy atom. The van der Waals surface area contributed by atoms with E-state index in [0.29, 0.717) is 12.6 Å². The number of rotatable bonds is 11. The summed E-state index contributed by atoms with van der Waals surface area (Å²) >= 11 is 0. The summed E-state index contributed by atoms with van der Waals surface area (Å²) in [6.45, 7) is 1.50. The summed E-state index contributed by atoms with van der Waals surface area (Å²) in [5.74, 6) is 2.61. The molecule has 184 valence electrons. The number of hydrogen-bond donors (Lipinski definition) is 3. The van der Waals surface area contributed by atoms with Gasteiger partial charge in [0.1, 0.15) is 23.9 Å². The lowest BCUT2D eigenvalue weighted by atomic mass is 10.1. The fraction of sp³-hybridized carbons (Fsp3) is 0.226. The normalized spacial score (nSPS) is 17.0. The van der Waals surface area contributed by atoms with Crippen molar-refractivity contribution in [1.82, 2.24) is 10.6 Å². The number of ether oxygens (including phenoxy) is 2. The summed E-state index contributed by atoms with van der Waals surface area (Å²) in [6, 6.07) is 27.4. The van der Waals surface area contributed by atoms with Crippen LogP contribution in [0.25, 0.3) is 0 Å². The molecule has 0 aromatic heterocycles. The summed E-state index contributed by atoms with van der Waals surface area (Å²) in [6.07, 6.45) is 13.2. The van der Waals surface area contributed by atoms with E-state index in [4.69, 9.17) is 9.47 Å². The van der Waals surface area contributed by atoms with Crippen molar-refractivity contribution in [3.63, 3.8) is 0 Å². The molecule has 3 aromatic carbocycles. The number of hydrogen-bond acceptors (Lipinski definition) is 5. The van der Waals surface area contributed by atoms with Gasteiger partial charge in [0, 0.05) is 36.7 Å². The lowest BCUT2D eigenvalue weighted by Gasteiger charge is -2.17. The Morgan fingerprint density at radius 2 is 1.56 bits per heavy atom. The van der Waals surface area contributed by atoms with E-state index in [1.54, 1.807) is 0 Å². The molecule has 0 aliphatic heterocycles. The fourth-order valence-electron chi connectivity index (χ4n) is 4.52. The zero-order valence-corrected chi connectivity index (χ0v) is 20.4. The minimum atomic E-state index is 0.244. The molecular formula is C31H33N3O2. The highest BCUT2D eigenvalue weighted by Gasteiger charge is 2.19. The van der Waals surface area contributed by atoms with Gasteiger partial charge in [-0.2, -0.15) is 0 Å². The molecule has 0 fully saturated rings. The predicted octanol–water partition coefficient (Wildman–Crippen LogP) is 5.59. The average Bonchev–Trinajstić information content (AvgIpc) is 3.34. The van der Waals surface area contributed by atoms with Gasteiger partial charge < -0.3 is 25.4 Å². The molecule has 3 aromatic rings. The Hall–Kier alpha value is -3.96. The molecule has 0 amide bonds. The summed E-state index contributed by atoms with van der Waals surface area (Å²) in [4.78, 5) is 0. The first kappa shape index (κ1) is 23.8. The van der Waals surface area contributed by atoms with Crippen LogP contribution in [-0.2, 0) is 12.8 Å². The van der Waals surface area contributed by atoms with Crippen LogP contribution < -0.4 is 25.4 Å². The molecule has 3 N–H and O–H groups in total. The van der Waals surface area contributed by atoms with E-state index >= 15 is 0 Å². The highest BCUT2D eigenvalue weighted by Crippen LogP contribution is 2.22. The molecule has 0 radical (unpaired) electrons. The van der Waals surface area contributed by atoms with Crippen LogP contribution in [0, 0.1) is 0 Å². The first-order valence-corrected chi connectivity index (χ1v) is 12.6. The molecule has 0 heterocycles. The highest BCUT2D eigenvalue weighted by atomic mass is 16.5. The van der Waals surface area contributed by atoms with Crippen LogP contribution in [0.3, 0.4) is 0 Å². The van der Waals surface area contributed by atoms with Gasteiger partial charge in [0.15, 0.2) is 0 Å². The van der Waals surface area contributed by atoms with Crippen LogP contribution >= 0.6 is 0 Å². The molecule has 0 saturated heterocycles. The Morgan fingerprint density at radius 1 is 0.806 bits per heavy atom. The Labute approximate surface area is 213 Å². The number of para-hydroxylation sites is 1. The van der Waals surface area contributed by atoms with Crippen molar-refractivity contribution in [2.75, 3.05) is 18.5 Å². The molecule has 5 rings (SSSR count). The Kier molecular flexibility index (Phi) is 8.01. The second-order valence-corrected chi connectivity index (χ2v) is 9.07. The molecule has 1 unspecified atom stereocenters. The lowest BCUT2D eigenvalue weighted by Crippen LogP contribution is -2.33. The fourth-order valence-corrected chi connectivity index (χ4v) is 4.52. The maximum absolute atomic E-state index is 5.91. The molecule has 2 aliphatic rings. The van der Waals surface area contributed by atoms with Gasteiger partial charge in [-0.15, -0.1) is 0 Å². The number of allylic oxidation sites excluding steroid dienone is 1. The predicted molar refractivity (Wildman–Crippen MR) is 146 cm³/mol. The standard InChI is InChI=1S/C31H33N3O2/c1-2-8-30(9-3-1)36-31-16-12-27(13-17-31)33-19-18-32-26-10-14-29(15-11-26)35-21-20-34-28-22-24-6-4-5-7-25(24)23-28/h1-12,14-19,27-28,32-34H,13,20-23H2/b19-18-. The van der Waals surface area contributed by atoms with E-state index in [9.17, 15) is 0 Å². The second kappa shape index (κ2) is 12.1. The van der Waals surface area contributed by atoms with Crippen molar-refractivity contribution in [2.45, 2.75) is 31.3 Å². The van der Waals surface area contributed by atoms with Gasteiger partial charge >= 0.3 is 0 Å². The number of anilines is 1. The Bertz CT molecular complexity index is 1180. The van der Waals surface area contributed by atoms with Crippen molar-refractivity contribution in [2.24, 2.45) is 0 Å². The van der Waals surface area contributed by atoms with E-state index in [2.05, 4.69) is 52.4 Å². The summed E-state index contributed by atoms with van der Waals surface area (Å²) < 4.78 is 11.8. The van der Waals surface area contributed by atoms with Crippen molar-refractivity contribution < 1.29 is 9.47 Å². The van der Waals surface area contributed by atoms with Crippen LogP contribution in [0.1, 0.15) is 17.5 Å². The van der Waals surface area contributed by atoms with Crippen LogP contribution in [0.4, 0.5) is 5.69 Å². The quantitative estimate of drug-likeness (QED) is 0.313. The minimum Gasteiger partial charge on any atom is -0.492 e. The van der Waals surface area contributed by atoms with E-state index in [0.717, 1.165) is 48.8 Å². The largest absolute Gasteiger partial charge is 0.492 e. The van der Waals surface area contributed by atoms with Gasteiger partial charge in [0.25, 0.3) is 0 Å². The summed E-state index contributed by atoms with van der Waals surface area (Å²) in [5.41, 5.74) is 3.95. The molecule has 36 heavy (non-hydrogen) atoms. The molecule has 5 heteroatoms. The monoisotopic (exact) mass is 479 g/mol. The lowest BCUT2D eigenvalue weighted by molar-refractivity contribution is 0.306. The third-order valence-corrected chi connectivity index (χ3v) is 6.40. The molecule has 2 aliphatic carbocycles. The van der Waals surface area contributed by atoms with Crippen molar-refractivity contribution in [1.29, 1.82) is 0 Å².